The molecule has 1 saturated carbocycles. The molecule has 0 spiro atoms. The molecule has 2 amide bonds. The van der Waals surface area contributed by atoms with Crippen LogP contribution in [-0.4, -0.2) is 51.5 Å². The molecule has 0 bridgehead atoms. The molecule has 3 fully saturated rings. The molecule has 2 saturated heterocycles. The first kappa shape index (κ1) is 23.0. The van der Waals surface area contributed by atoms with E-state index >= 15 is 0 Å². The highest BCUT2D eigenvalue weighted by Gasteiger charge is 2.58. The number of halogens is 1. The number of aryl methyl sites for hydroxylation is 1. The molecule has 35 heavy (non-hydrogen) atoms. The quantitative estimate of drug-likeness (QED) is 0.519. The lowest BCUT2D eigenvalue weighted by Gasteiger charge is -2.37. The summed E-state index contributed by atoms with van der Waals surface area (Å²) in [6.45, 7) is 8.17. The Bertz CT molecular complexity index is 1350. The molecule has 182 valence electrons. The standard InChI is InChI=1S/C26H27ClN4O3S/c1-13-4-14(27)5-18(17(13)6-15-9-28-11-26(2,3)34-15)22-23-21(29-12-30-22)7-16(35-23)10-31-24(32)19-8-20(19)25(31)33/h4-5,7,12,15,19-20,28H,6,8-11H2,1-3H3/t15-,19?,20?/m0/s1. The van der Waals surface area contributed by atoms with Gasteiger partial charge in [-0.3, -0.25) is 14.5 Å². The van der Waals surface area contributed by atoms with Gasteiger partial charge in [0, 0.05) is 35.0 Å². The van der Waals surface area contributed by atoms with Crippen molar-refractivity contribution in [3.05, 3.63) is 45.6 Å². The second-order valence-corrected chi connectivity index (χ2v) is 12.0. The highest BCUT2D eigenvalue weighted by molar-refractivity contribution is 7.19. The molecule has 1 aromatic carbocycles. The van der Waals surface area contributed by atoms with Gasteiger partial charge in [0.25, 0.3) is 0 Å². The van der Waals surface area contributed by atoms with Crippen LogP contribution in [0.4, 0.5) is 0 Å². The number of hydrogen-bond acceptors (Lipinski definition) is 7. The number of nitrogens with zero attached hydrogens (tertiary/aromatic N) is 3. The van der Waals surface area contributed by atoms with E-state index in [9.17, 15) is 9.59 Å². The molecule has 9 heteroatoms. The van der Waals surface area contributed by atoms with Crippen molar-refractivity contribution in [2.45, 2.75) is 51.9 Å². The first-order valence-electron chi connectivity index (χ1n) is 12.0. The molecule has 3 aromatic rings. The summed E-state index contributed by atoms with van der Waals surface area (Å²) >= 11 is 8.05. The van der Waals surface area contributed by atoms with Crippen molar-refractivity contribution in [2.24, 2.45) is 11.8 Å². The smallest absolute Gasteiger partial charge is 0.233 e. The number of morpholine rings is 1. The van der Waals surface area contributed by atoms with Crippen LogP contribution in [0.2, 0.25) is 5.02 Å². The second kappa shape index (κ2) is 8.34. The second-order valence-electron chi connectivity index (χ2n) is 10.4. The van der Waals surface area contributed by atoms with Crippen LogP contribution in [0, 0.1) is 18.8 Å². The Morgan fingerprint density at radius 2 is 1.97 bits per heavy atom. The number of carbonyl (C=O) groups is 2. The van der Waals surface area contributed by atoms with Gasteiger partial charge < -0.3 is 10.1 Å². The Labute approximate surface area is 212 Å². The number of thiophene rings is 1. The van der Waals surface area contributed by atoms with Crippen LogP contribution >= 0.6 is 22.9 Å². The molecule has 4 heterocycles. The summed E-state index contributed by atoms with van der Waals surface area (Å²) in [4.78, 5) is 36.4. The zero-order chi connectivity index (χ0) is 24.5. The first-order valence-corrected chi connectivity index (χ1v) is 13.2. The van der Waals surface area contributed by atoms with Crippen LogP contribution in [0.25, 0.3) is 21.5 Å². The third-order valence-corrected chi connectivity index (χ3v) is 8.50. The molecule has 1 N–H and O–H groups in total. The van der Waals surface area contributed by atoms with E-state index in [0.717, 1.165) is 57.0 Å². The number of fused-ring (bicyclic) bond motifs is 2. The number of imide groups is 1. The van der Waals surface area contributed by atoms with Gasteiger partial charge in [0.15, 0.2) is 0 Å². The van der Waals surface area contributed by atoms with Gasteiger partial charge in [-0.25, -0.2) is 9.97 Å². The van der Waals surface area contributed by atoms with Gasteiger partial charge in [0.2, 0.25) is 11.8 Å². The lowest BCUT2D eigenvalue weighted by Crippen LogP contribution is -2.51. The normalized spacial score (nSPS) is 25.4. The molecule has 2 aromatic heterocycles. The number of carbonyl (C=O) groups excluding carboxylic acids is 2. The van der Waals surface area contributed by atoms with Crippen molar-refractivity contribution in [1.29, 1.82) is 0 Å². The SMILES string of the molecule is Cc1cc(Cl)cc(-c2ncnc3cc(CN4C(=O)C5CC5C4=O)sc23)c1C[C@H]1CNCC(C)(C)O1. The summed E-state index contributed by atoms with van der Waals surface area (Å²) in [6.07, 6.45) is 3.05. The van der Waals surface area contributed by atoms with Crippen LogP contribution in [0.1, 0.15) is 36.3 Å². The van der Waals surface area contributed by atoms with E-state index in [1.807, 2.05) is 18.2 Å². The number of piperidine rings is 1. The number of benzene rings is 1. The van der Waals surface area contributed by atoms with Crippen molar-refractivity contribution in [1.82, 2.24) is 20.2 Å². The number of likely N-dealkylation sites (tertiary alicyclic amines) is 1. The maximum atomic E-state index is 12.5. The van der Waals surface area contributed by atoms with Crippen LogP contribution in [-0.2, 0) is 27.3 Å². The number of nitrogens with one attached hydrogen (secondary N) is 1. The number of amides is 2. The summed E-state index contributed by atoms with van der Waals surface area (Å²) in [7, 11) is 0. The predicted octanol–water partition coefficient (Wildman–Crippen LogP) is 4.13. The zero-order valence-electron chi connectivity index (χ0n) is 19.9. The maximum absolute atomic E-state index is 12.5. The van der Waals surface area contributed by atoms with Gasteiger partial charge in [-0.05, 0) is 56.5 Å². The fraction of sp³-hybridized carbons (Fsp3) is 0.462. The van der Waals surface area contributed by atoms with Crippen LogP contribution < -0.4 is 5.32 Å². The van der Waals surface area contributed by atoms with E-state index in [2.05, 4.69) is 36.1 Å². The van der Waals surface area contributed by atoms with Gasteiger partial charge in [0.05, 0.1) is 46.0 Å². The lowest BCUT2D eigenvalue weighted by atomic mass is 9.93. The van der Waals surface area contributed by atoms with E-state index in [0.29, 0.717) is 18.0 Å². The Morgan fingerprint density at radius 3 is 2.71 bits per heavy atom. The van der Waals surface area contributed by atoms with Crippen LogP contribution in [0.3, 0.4) is 0 Å². The van der Waals surface area contributed by atoms with Gasteiger partial charge >= 0.3 is 0 Å². The summed E-state index contributed by atoms with van der Waals surface area (Å²) in [5.74, 6) is -0.266. The average Bonchev–Trinajstić information content (AvgIpc) is 3.43. The molecular formula is C26H27ClN4O3S. The van der Waals surface area contributed by atoms with Crippen LogP contribution in [0.5, 0.6) is 0 Å². The van der Waals surface area contributed by atoms with Crippen molar-refractivity contribution in [2.75, 3.05) is 13.1 Å². The van der Waals surface area contributed by atoms with Crippen molar-refractivity contribution < 1.29 is 14.3 Å². The molecule has 6 rings (SSSR count). The van der Waals surface area contributed by atoms with Gasteiger partial charge in [-0.2, -0.15) is 0 Å². The molecule has 7 nitrogen and oxygen atoms in total. The first-order chi connectivity index (χ1) is 16.7. The Balaban J connectivity index is 1.37. The molecule has 0 radical (unpaired) electrons. The van der Waals surface area contributed by atoms with Crippen LogP contribution in [0.15, 0.2) is 24.5 Å². The van der Waals surface area contributed by atoms with Crippen molar-refractivity contribution in [3.8, 4) is 11.3 Å². The number of rotatable bonds is 5. The average molecular weight is 511 g/mol. The van der Waals surface area contributed by atoms with E-state index in [4.69, 9.17) is 16.3 Å². The summed E-state index contributed by atoms with van der Waals surface area (Å²) < 4.78 is 7.29. The zero-order valence-corrected chi connectivity index (χ0v) is 21.5. The molecule has 2 aliphatic heterocycles. The Morgan fingerprint density at radius 1 is 1.20 bits per heavy atom. The molecular weight excluding hydrogens is 484 g/mol. The highest BCUT2D eigenvalue weighted by Crippen LogP contribution is 2.48. The number of hydrogen-bond donors (Lipinski definition) is 1. The third-order valence-electron chi connectivity index (χ3n) is 7.17. The van der Waals surface area contributed by atoms with E-state index in [1.165, 1.54) is 16.2 Å². The minimum Gasteiger partial charge on any atom is -0.369 e. The molecule has 3 aliphatic rings. The molecule has 2 unspecified atom stereocenters. The van der Waals surface area contributed by atoms with Crippen molar-refractivity contribution >= 4 is 45.0 Å². The summed E-state index contributed by atoms with van der Waals surface area (Å²) in [5.41, 5.74) is 4.61. The predicted molar refractivity (Wildman–Crippen MR) is 135 cm³/mol. The number of aromatic nitrogens is 2. The minimum atomic E-state index is -0.223. The van der Waals surface area contributed by atoms with E-state index < -0.39 is 0 Å². The topological polar surface area (TPSA) is 84.4 Å². The Hall–Kier alpha value is -2.39. The van der Waals surface area contributed by atoms with E-state index in [-0.39, 0.29) is 35.4 Å². The third kappa shape index (κ3) is 4.16. The van der Waals surface area contributed by atoms with E-state index in [1.54, 1.807) is 6.33 Å². The highest BCUT2D eigenvalue weighted by atomic mass is 35.5. The monoisotopic (exact) mass is 510 g/mol. The van der Waals surface area contributed by atoms with Crippen molar-refractivity contribution in [3.63, 3.8) is 0 Å². The Kier molecular flexibility index (Phi) is 5.49. The summed E-state index contributed by atoms with van der Waals surface area (Å²) in [5, 5.41) is 4.13. The largest absolute Gasteiger partial charge is 0.369 e. The summed E-state index contributed by atoms with van der Waals surface area (Å²) in [6, 6.07) is 5.91. The van der Waals surface area contributed by atoms with Gasteiger partial charge in [0.1, 0.15) is 6.33 Å². The molecule has 1 aliphatic carbocycles. The van der Waals surface area contributed by atoms with Gasteiger partial charge in [-0.1, -0.05) is 11.6 Å². The lowest BCUT2D eigenvalue weighted by molar-refractivity contribution is -0.141. The molecule has 3 atom stereocenters. The van der Waals surface area contributed by atoms with Gasteiger partial charge in [-0.15, -0.1) is 11.3 Å². The maximum Gasteiger partial charge on any atom is 0.233 e. The fourth-order valence-corrected chi connectivity index (χ4v) is 6.78. The fourth-order valence-electron chi connectivity index (χ4n) is 5.40. The minimum absolute atomic E-state index is 0.0345. The number of ether oxygens (including phenoxy) is 1.